The predicted octanol–water partition coefficient (Wildman–Crippen LogP) is 4.49. The van der Waals surface area contributed by atoms with E-state index in [1.54, 1.807) is 11.8 Å². The van der Waals surface area contributed by atoms with Crippen molar-refractivity contribution in [3.8, 4) is 11.4 Å². The first-order chi connectivity index (χ1) is 12.5. The van der Waals surface area contributed by atoms with Crippen molar-refractivity contribution in [2.45, 2.75) is 43.6 Å². The lowest BCUT2D eigenvalue weighted by Crippen LogP contribution is -2.12. The molecule has 0 aliphatic heterocycles. The van der Waals surface area contributed by atoms with Crippen molar-refractivity contribution >= 4 is 11.8 Å². The first kappa shape index (κ1) is 18.7. The molecule has 1 heterocycles. The Morgan fingerprint density at radius 1 is 0.962 bits per heavy atom. The van der Waals surface area contributed by atoms with E-state index in [1.807, 2.05) is 18.2 Å². The van der Waals surface area contributed by atoms with Gasteiger partial charge in [-0.05, 0) is 16.5 Å². The molecule has 0 spiro atoms. The fourth-order valence-electron chi connectivity index (χ4n) is 2.78. The minimum Gasteiger partial charge on any atom is -0.329 e. The maximum Gasteiger partial charge on any atom is 0.191 e. The Hall–Kier alpha value is -2.11. The van der Waals surface area contributed by atoms with Gasteiger partial charge in [-0.3, -0.25) is 0 Å². The Bertz CT molecular complexity index is 833. The van der Waals surface area contributed by atoms with E-state index in [9.17, 15) is 0 Å². The first-order valence-electron chi connectivity index (χ1n) is 8.90. The largest absolute Gasteiger partial charge is 0.329 e. The number of aromatic nitrogens is 3. The van der Waals surface area contributed by atoms with Crippen LogP contribution in [0.3, 0.4) is 0 Å². The number of rotatable bonds is 6. The molecule has 0 aliphatic carbocycles. The second-order valence-corrected chi connectivity index (χ2v) is 8.29. The summed E-state index contributed by atoms with van der Waals surface area (Å²) >= 11 is 1.70. The van der Waals surface area contributed by atoms with E-state index in [2.05, 4.69) is 71.9 Å². The molecule has 0 saturated heterocycles. The maximum atomic E-state index is 5.81. The summed E-state index contributed by atoms with van der Waals surface area (Å²) in [6, 6.07) is 19.0. The van der Waals surface area contributed by atoms with E-state index in [-0.39, 0.29) is 5.41 Å². The summed E-state index contributed by atoms with van der Waals surface area (Å²) < 4.78 is 2.11. The molecule has 26 heavy (non-hydrogen) atoms. The van der Waals surface area contributed by atoms with Gasteiger partial charge in [-0.25, -0.2) is 0 Å². The van der Waals surface area contributed by atoms with Crippen LogP contribution in [0.4, 0.5) is 0 Å². The summed E-state index contributed by atoms with van der Waals surface area (Å²) in [5.74, 6) is 1.74. The van der Waals surface area contributed by atoms with Crippen molar-refractivity contribution < 1.29 is 0 Å². The van der Waals surface area contributed by atoms with Gasteiger partial charge in [0.2, 0.25) is 0 Å². The second-order valence-electron chi connectivity index (χ2n) is 7.35. The van der Waals surface area contributed by atoms with Gasteiger partial charge in [-0.2, -0.15) is 0 Å². The van der Waals surface area contributed by atoms with Gasteiger partial charge < -0.3 is 10.3 Å². The van der Waals surface area contributed by atoms with Crippen molar-refractivity contribution in [3.63, 3.8) is 0 Å². The van der Waals surface area contributed by atoms with Crippen LogP contribution in [0, 0.1) is 0 Å². The fraction of sp³-hybridized carbons (Fsp3) is 0.333. The van der Waals surface area contributed by atoms with E-state index in [0.717, 1.165) is 22.3 Å². The van der Waals surface area contributed by atoms with Gasteiger partial charge >= 0.3 is 0 Å². The Morgan fingerprint density at radius 2 is 1.65 bits per heavy atom. The number of nitrogens with zero attached hydrogens (tertiary/aromatic N) is 3. The topological polar surface area (TPSA) is 56.7 Å². The van der Waals surface area contributed by atoms with Crippen LogP contribution in [0.2, 0.25) is 0 Å². The smallest absolute Gasteiger partial charge is 0.191 e. The van der Waals surface area contributed by atoms with E-state index in [0.29, 0.717) is 13.1 Å². The standard InChI is InChI=1S/C21H26N4S/c1-21(2,3)18-11-9-16(10-12-18)15-26-20-24-23-19(25(20)14-13-22)17-7-5-4-6-8-17/h4-12H,13-15,22H2,1-3H3. The van der Waals surface area contributed by atoms with Crippen LogP contribution in [0.1, 0.15) is 31.9 Å². The highest BCUT2D eigenvalue weighted by atomic mass is 32.2. The van der Waals surface area contributed by atoms with E-state index in [4.69, 9.17) is 5.73 Å². The van der Waals surface area contributed by atoms with E-state index in [1.165, 1.54) is 11.1 Å². The summed E-state index contributed by atoms with van der Waals surface area (Å²) in [6.45, 7) is 7.97. The van der Waals surface area contributed by atoms with Gasteiger partial charge in [0.1, 0.15) is 0 Å². The lowest BCUT2D eigenvalue weighted by atomic mass is 9.87. The van der Waals surface area contributed by atoms with Crippen molar-refractivity contribution in [3.05, 3.63) is 65.7 Å². The van der Waals surface area contributed by atoms with Crippen LogP contribution in [0.5, 0.6) is 0 Å². The third-order valence-electron chi connectivity index (χ3n) is 4.29. The molecular formula is C21H26N4S. The minimum absolute atomic E-state index is 0.178. The summed E-state index contributed by atoms with van der Waals surface area (Å²) in [4.78, 5) is 0. The van der Waals surface area contributed by atoms with Crippen LogP contribution in [0.25, 0.3) is 11.4 Å². The highest BCUT2D eigenvalue weighted by molar-refractivity contribution is 7.98. The number of nitrogens with two attached hydrogens (primary N) is 1. The predicted molar refractivity (Wildman–Crippen MR) is 109 cm³/mol. The summed E-state index contributed by atoms with van der Waals surface area (Å²) in [7, 11) is 0. The third-order valence-corrected chi connectivity index (χ3v) is 5.33. The van der Waals surface area contributed by atoms with Crippen LogP contribution in [0.15, 0.2) is 59.8 Å². The molecule has 0 atom stereocenters. The summed E-state index contributed by atoms with van der Waals surface area (Å²) in [5, 5.41) is 9.71. The van der Waals surface area contributed by atoms with Crippen molar-refractivity contribution in [2.24, 2.45) is 5.73 Å². The first-order valence-corrected chi connectivity index (χ1v) is 9.88. The quantitative estimate of drug-likeness (QED) is 0.653. The highest BCUT2D eigenvalue weighted by Crippen LogP contribution is 2.27. The summed E-state index contributed by atoms with van der Waals surface area (Å²) in [6.07, 6.45) is 0. The van der Waals surface area contributed by atoms with Crippen LogP contribution >= 0.6 is 11.8 Å². The highest BCUT2D eigenvalue weighted by Gasteiger charge is 2.15. The van der Waals surface area contributed by atoms with Crippen LogP contribution in [-0.4, -0.2) is 21.3 Å². The number of hydrogen-bond donors (Lipinski definition) is 1. The normalized spacial score (nSPS) is 11.7. The van der Waals surface area contributed by atoms with Gasteiger partial charge in [-0.1, -0.05) is 87.1 Å². The number of thioether (sulfide) groups is 1. The molecule has 0 bridgehead atoms. The van der Waals surface area contributed by atoms with Crippen molar-refractivity contribution in [1.29, 1.82) is 0 Å². The van der Waals surface area contributed by atoms with Gasteiger partial charge in [0, 0.05) is 24.4 Å². The molecule has 3 aromatic rings. The molecule has 4 nitrogen and oxygen atoms in total. The second kappa shape index (κ2) is 8.06. The molecular weight excluding hydrogens is 340 g/mol. The molecule has 0 radical (unpaired) electrons. The van der Waals surface area contributed by atoms with Crippen LogP contribution in [-0.2, 0) is 17.7 Å². The Balaban J connectivity index is 1.77. The van der Waals surface area contributed by atoms with Gasteiger partial charge in [0.15, 0.2) is 11.0 Å². The fourth-order valence-corrected chi connectivity index (χ4v) is 3.70. The summed E-state index contributed by atoms with van der Waals surface area (Å²) in [5.41, 5.74) is 9.69. The van der Waals surface area contributed by atoms with Crippen molar-refractivity contribution in [2.75, 3.05) is 6.54 Å². The van der Waals surface area contributed by atoms with E-state index >= 15 is 0 Å². The average Bonchev–Trinajstić information content (AvgIpc) is 3.03. The Morgan fingerprint density at radius 3 is 2.27 bits per heavy atom. The van der Waals surface area contributed by atoms with Gasteiger partial charge in [0.25, 0.3) is 0 Å². The molecule has 0 saturated carbocycles. The third kappa shape index (κ3) is 4.34. The molecule has 1 aromatic heterocycles. The molecule has 2 aromatic carbocycles. The zero-order valence-electron chi connectivity index (χ0n) is 15.6. The molecule has 0 fully saturated rings. The SMILES string of the molecule is CC(C)(C)c1ccc(CSc2nnc(-c3ccccc3)n2CCN)cc1. The average molecular weight is 367 g/mol. The monoisotopic (exact) mass is 366 g/mol. The number of hydrogen-bond acceptors (Lipinski definition) is 4. The zero-order valence-corrected chi connectivity index (χ0v) is 16.5. The van der Waals surface area contributed by atoms with Gasteiger partial charge in [0.05, 0.1) is 0 Å². The molecule has 5 heteroatoms. The molecule has 2 N–H and O–H groups in total. The molecule has 136 valence electrons. The lowest BCUT2D eigenvalue weighted by Gasteiger charge is -2.19. The Labute approximate surface area is 159 Å². The Kier molecular flexibility index (Phi) is 5.79. The zero-order chi connectivity index (χ0) is 18.6. The van der Waals surface area contributed by atoms with Crippen LogP contribution < -0.4 is 5.73 Å². The molecule has 0 unspecified atom stereocenters. The van der Waals surface area contributed by atoms with E-state index < -0.39 is 0 Å². The molecule has 3 rings (SSSR count). The molecule has 0 amide bonds. The minimum atomic E-state index is 0.178. The lowest BCUT2D eigenvalue weighted by molar-refractivity contribution is 0.590. The number of benzene rings is 2. The van der Waals surface area contributed by atoms with Gasteiger partial charge in [-0.15, -0.1) is 10.2 Å². The molecule has 0 aliphatic rings. The van der Waals surface area contributed by atoms with Crippen molar-refractivity contribution in [1.82, 2.24) is 14.8 Å². The maximum absolute atomic E-state index is 5.81.